The third-order valence-corrected chi connectivity index (χ3v) is 2.35. The Balaban J connectivity index is 4.25. The quantitative estimate of drug-likeness (QED) is 0.544. The van der Waals surface area contributed by atoms with Gasteiger partial charge in [0.25, 0.3) is 0 Å². The zero-order chi connectivity index (χ0) is 14.3. The van der Waals surface area contributed by atoms with Crippen LogP contribution in [0.2, 0.25) is 0 Å². The summed E-state index contributed by atoms with van der Waals surface area (Å²) in [5.74, 6) is -1.36. The van der Waals surface area contributed by atoms with E-state index in [0.29, 0.717) is 13.1 Å². The average Bonchev–Trinajstić information content (AvgIpc) is 2.22. The predicted octanol–water partition coefficient (Wildman–Crippen LogP) is -0.114. The van der Waals surface area contributed by atoms with Crippen LogP contribution in [0.25, 0.3) is 0 Å². The summed E-state index contributed by atoms with van der Waals surface area (Å²) in [6.45, 7) is 9.87. The zero-order valence-corrected chi connectivity index (χ0v) is 11.8. The van der Waals surface area contributed by atoms with Crippen LogP contribution in [0.1, 0.15) is 34.6 Å². The van der Waals surface area contributed by atoms with E-state index in [1.807, 2.05) is 27.7 Å². The number of carbonyl (C=O) groups excluding carboxylic acids is 3. The molecule has 0 aromatic carbocycles. The standard InChI is InChI=1S/C12H23N3O3/c1-6-15(12(3,4)5)11(18)10(17)14-8-7-13-9(2)16/h6-8H2,1-5H3,(H,13,16)(H,14,17). The highest BCUT2D eigenvalue weighted by Crippen LogP contribution is 2.12. The van der Waals surface area contributed by atoms with E-state index in [4.69, 9.17) is 0 Å². The number of hydrogen-bond acceptors (Lipinski definition) is 3. The van der Waals surface area contributed by atoms with Crippen molar-refractivity contribution in [3.05, 3.63) is 0 Å². The summed E-state index contributed by atoms with van der Waals surface area (Å²) in [5, 5.41) is 5.01. The molecule has 0 radical (unpaired) electrons. The van der Waals surface area contributed by atoms with Gasteiger partial charge in [0.2, 0.25) is 5.91 Å². The van der Waals surface area contributed by atoms with Crippen molar-refractivity contribution in [3.63, 3.8) is 0 Å². The number of amides is 3. The van der Waals surface area contributed by atoms with Gasteiger partial charge in [-0.2, -0.15) is 0 Å². The van der Waals surface area contributed by atoms with E-state index < -0.39 is 11.8 Å². The molecule has 104 valence electrons. The number of likely N-dealkylation sites (N-methyl/N-ethyl adjacent to an activating group) is 1. The van der Waals surface area contributed by atoms with Crippen LogP contribution in [0.3, 0.4) is 0 Å². The van der Waals surface area contributed by atoms with E-state index >= 15 is 0 Å². The Bertz CT molecular complexity index is 321. The molecular weight excluding hydrogens is 234 g/mol. The highest BCUT2D eigenvalue weighted by atomic mass is 16.2. The van der Waals surface area contributed by atoms with Crippen molar-refractivity contribution in [3.8, 4) is 0 Å². The number of hydrogen-bond donors (Lipinski definition) is 2. The first-order chi connectivity index (χ1) is 8.20. The summed E-state index contributed by atoms with van der Waals surface area (Å²) in [6.07, 6.45) is 0. The SMILES string of the molecule is CCN(C(=O)C(=O)NCCNC(C)=O)C(C)(C)C. The summed E-state index contributed by atoms with van der Waals surface area (Å²) in [6, 6.07) is 0. The second-order valence-electron chi connectivity index (χ2n) is 4.96. The Labute approximate surface area is 108 Å². The van der Waals surface area contributed by atoms with Crippen LogP contribution < -0.4 is 10.6 Å². The molecule has 0 saturated heterocycles. The summed E-state index contributed by atoms with van der Waals surface area (Å²) in [5.41, 5.74) is -0.388. The molecule has 6 nitrogen and oxygen atoms in total. The smallest absolute Gasteiger partial charge is 0.312 e. The van der Waals surface area contributed by atoms with Gasteiger partial charge in [-0.25, -0.2) is 0 Å². The maximum Gasteiger partial charge on any atom is 0.312 e. The van der Waals surface area contributed by atoms with Crippen LogP contribution in [-0.4, -0.2) is 47.8 Å². The van der Waals surface area contributed by atoms with Gasteiger partial charge in [-0.3, -0.25) is 14.4 Å². The molecule has 0 aromatic heterocycles. The monoisotopic (exact) mass is 257 g/mol. The lowest BCUT2D eigenvalue weighted by Gasteiger charge is -2.34. The van der Waals surface area contributed by atoms with Crippen molar-refractivity contribution in [2.75, 3.05) is 19.6 Å². The van der Waals surface area contributed by atoms with Crippen molar-refractivity contribution >= 4 is 17.7 Å². The molecule has 0 aliphatic carbocycles. The molecule has 0 aromatic rings. The van der Waals surface area contributed by atoms with Gasteiger partial charge in [-0.1, -0.05) is 0 Å². The molecule has 2 N–H and O–H groups in total. The number of nitrogens with zero attached hydrogens (tertiary/aromatic N) is 1. The molecule has 0 spiro atoms. The molecule has 0 rings (SSSR count). The normalized spacial score (nSPS) is 10.7. The Hall–Kier alpha value is -1.59. The van der Waals surface area contributed by atoms with Crippen LogP contribution in [0.4, 0.5) is 0 Å². The van der Waals surface area contributed by atoms with Crippen LogP contribution in [0.15, 0.2) is 0 Å². The van der Waals surface area contributed by atoms with Crippen LogP contribution in [-0.2, 0) is 14.4 Å². The van der Waals surface area contributed by atoms with Crippen LogP contribution >= 0.6 is 0 Å². The molecule has 6 heteroatoms. The lowest BCUT2D eigenvalue weighted by atomic mass is 10.1. The van der Waals surface area contributed by atoms with Gasteiger partial charge in [0, 0.05) is 32.1 Å². The van der Waals surface area contributed by atoms with E-state index in [9.17, 15) is 14.4 Å². The fourth-order valence-electron chi connectivity index (χ4n) is 1.54. The minimum Gasteiger partial charge on any atom is -0.355 e. The molecule has 0 saturated carbocycles. The van der Waals surface area contributed by atoms with E-state index in [2.05, 4.69) is 10.6 Å². The highest BCUT2D eigenvalue weighted by molar-refractivity contribution is 6.35. The third-order valence-electron chi connectivity index (χ3n) is 2.35. The van der Waals surface area contributed by atoms with Gasteiger partial charge in [0.1, 0.15) is 0 Å². The Kier molecular flexibility index (Phi) is 6.36. The van der Waals surface area contributed by atoms with Gasteiger partial charge >= 0.3 is 11.8 Å². The second-order valence-corrected chi connectivity index (χ2v) is 4.96. The maximum atomic E-state index is 11.9. The van der Waals surface area contributed by atoms with Crippen molar-refractivity contribution < 1.29 is 14.4 Å². The lowest BCUT2D eigenvalue weighted by molar-refractivity contribution is -0.148. The molecular formula is C12H23N3O3. The van der Waals surface area contributed by atoms with Gasteiger partial charge in [0.15, 0.2) is 0 Å². The van der Waals surface area contributed by atoms with Crippen molar-refractivity contribution in [1.29, 1.82) is 0 Å². The second kappa shape index (κ2) is 6.98. The summed E-state index contributed by atoms with van der Waals surface area (Å²) >= 11 is 0. The molecule has 0 aliphatic heterocycles. The van der Waals surface area contributed by atoms with Crippen LogP contribution in [0.5, 0.6) is 0 Å². The molecule has 3 amide bonds. The predicted molar refractivity (Wildman–Crippen MR) is 68.8 cm³/mol. The van der Waals surface area contributed by atoms with Crippen molar-refractivity contribution in [2.24, 2.45) is 0 Å². The first-order valence-electron chi connectivity index (χ1n) is 6.04. The summed E-state index contributed by atoms with van der Waals surface area (Å²) in [4.78, 5) is 35.6. The molecule has 0 heterocycles. The number of rotatable bonds is 4. The third kappa shape index (κ3) is 5.65. The topological polar surface area (TPSA) is 78.5 Å². The molecule has 0 unspecified atom stereocenters. The Morgan fingerprint density at radius 2 is 1.56 bits per heavy atom. The first kappa shape index (κ1) is 16.4. The molecule has 0 fully saturated rings. The number of nitrogens with one attached hydrogen (secondary N) is 2. The maximum absolute atomic E-state index is 11.9. The first-order valence-corrected chi connectivity index (χ1v) is 6.04. The van der Waals surface area contributed by atoms with E-state index in [-0.39, 0.29) is 18.0 Å². The van der Waals surface area contributed by atoms with Gasteiger partial charge < -0.3 is 15.5 Å². The molecule has 0 atom stereocenters. The molecule has 0 aliphatic rings. The molecule has 18 heavy (non-hydrogen) atoms. The fourth-order valence-corrected chi connectivity index (χ4v) is 1.54. The van der Waals surface area contributed by atoms with Crippen molar-refractivity contribution in [2.45, 2.75) is 40.2 Å². The summed E-state index contributed by atoms with van der Waals surface area (Å²) in [7, 11) is 0. The van der Waals surface area contributed by atoms with Crippen LogP contribution in [0, 0.1) is 0 Å². The zero-order valence-electron chi connectivity index (χ0n) is 11.8. The van der Waals surface area contributed by atoms with E-state index in [1.54, 1.807) is 0 Å². The fraction of sp³-hybridized carbons (Fsp3) is 0.750. The van der Waals surface area contributed by atoms with Gasteiger partial charge in [0.05, 0.1) is 0 Å². The minimum atomic E-state index is -0.642. The Morgan fingerprint density at radius 1 is 1.06 bits per heavy atom. The van der Waals surface area contributed by atoms with Gasteiger partial charge in [-0.05, 0) is 27.7 Å². The summed E-state index contributed by atoms with van der Waals surface area (Å²) < 4.78 is 0. The number of carbonyl (C=O) groups is 3. The average molecular weight is 257 g/mol. The van der Waals surface area contributed by atoms with Gasteiger partial charge in [-0.15, -0.1) is 0 Å². The minimum absolute atomic E-state index is 0.166. The van der Waals surface area contributed by atoms with Crippen molar-refractivity contribution in [1.82, 2.24) is 15.5 Å². The molecule has 0 bridgehead atoms. The Morgan fingerprint density at radius 3 is 1.94 bits per heavy atom. The largest absolute Gasteiger partial charge is 0.355 e. The highest BCUT2D eigenvalue weighted by Gasteiger charge is 2.29. The lowest BCUT2D eigenvalue weighted by Crippen LogP contribution is -2.52. The van der Waals surface area contributed by atoms with E-state index in [1.165, 1.54) is 11.8 Å². The van der Waals surface area contributed by atoms with E-state index in [0.717, 1.165) is 0 Å².